The zero-order valence-electron chi connectivity index (χ0n) is 19.7. The van der Waals surface area contributed by atoms with Crippen LogP contribution in [-0.4, -0.2) is 45.0 Å². The highest BCUT2D eigenvalue weighted by molar-refractivity contribution is 5.90. The summed E-state index contributed by atoms with van der Waals surface area (Å²) in [4.78, 5) is 4.05. The number of nitrogens with zero attached hydrogens (tertiary/aromatic N) is 2. The van der Waals surface area contributed by atoms with Crippen LogP contribution in [0.4, 0.5) is 15.8 Å². The predicted octanol–water partition coefficient (Wildman–Crippen LogP) is 5.19. The van der Waals surface area contributed by atoms with Gasteiger partial charge in [-0.3, -0.25) is 0 Å². The van der Waals surface area contributed by atoms with Gasteiger partial charge in [0, 0.05) is 49.3 Å². The van der Waals surface area contributed by atoms with Crippen LogP contribution in [0, 0.1) is 5.82 Å². The van der Waals surface area contributed by atoms with E-state index in [1.165, 1.54) is 0 Å². The van der Waals surface area contributed by atoms with E-state index in [-0.39, 0.29) is 11.9 Å². The molecule has 0 bridgehead atoms. The summed E-state index contributed by atoms with van der Waals surface area (Å²) >= 11 is 0. The number of benzene rings is 2. The fourth-order valence-electron chi connectivity index (χ4n) is 5.04. The maximum Gasteiger partial charge on any atom is 0.148 e. The molecule has 6 heteroatoms. The third kappa shape index (κ3) is 4.62. The van der Waals surface area contributed by atoms with Crippen LogP contribution in [-0.2, 0) is 4.74 Å². The summed E-state index contributed by atoms with van der Waals surface area (Å²) in [6.07, 6.45) is 7.31. The van der Waals surface area contributed by atoms with Gasteiger partial charge in [-0.2, -0.15) is 0 Å². The Morgan fingerprint density at radius 2 is 2.15 bits per heavy atom. The lowest BCUT2D eigenvalue weighted by atomic mass is 10.00. The SMILES string of the molecule is C=C=C1c2ccc(OCC3CCCO3)cc2C=CN1c1ccc(N2CCC(NCC)C2)c(F)c1. The van der Waals surface area contributed by atoms with Crippen molar-refractivity contribution in [1.29, 1.82) is 0 Å². The third-order valence-electron chi connectivity index (χ3n) is 6.78. The van der Waals surface area contributed by atoms with Crippen molar-refractivity contribution in [1.82, 2.24) is 5.32 Å². The van der Waals surface area contributed by atoms with Gasteiger partial charge in [0.15, 0.2) is 0 Å². The Morgan fingerprint density at radius 3 is 2.91 bits per heavy atom. The Balaban J connectivity index is 1.32. The number of anilines is 2. The predicted molar refractivity (Wildman–Crippen MR) is 136 cm³/mol. The zero-order chi connectivity index (χ0) is 23.5. The van der Waals surface area contributed by atoms with E-state index in [0.29, 0.717) is 18.3 Å². The molecule has 0 radical (unpaired) electrons. The summed E-state index contributed by atoms with van der Waals surface area (Å²) < 4.78 is 26.8. The second-order valence-corrected chi connectivity index (χ2v) is 9.03. The van der Waals surface area contributed by atoms with Gasteiger partial charge in [-0.1, -0.05) is 13.5 Å². The standard InChI is InChI=1S/C28H32FN3O2/c1-3-27-25-9-8-23(34-19-24-6-5-15-33-24)16-20(25)11-14-32(27)22-7-10-28(26(29)17-22)31-13-12-21(18-31)30-4-2/h7-11,14,16-17,21,24,30H,1,4-6,12-13,15,18-19H2,2H3. The third-order valence-corrected chi connectivity index (χ3v) is 6.78. The van der Waals surface area contributed by atoms with Gasteiger partial charge >= 0.3 is 0 Å². The number of halogens is 1. The van der Waals surface area contributed by atoms with E-state index in [9.17, 15) is 0 Å². The molecule has 0 spiro atoms. The molecular formula is C28H32FN3O2. The van der Waals surface area contributed by atoms with Crippen molar-refractivity contribution < 1.29 is 13.9 Å². The van der Waals surface area contributed by atoms with E-state index >= 15 is 4.39 Å². The molecule has 0 amide bonds. The molecule has 2 aromatic rings. The molecule has 3 heterocycles. The van der Waals surface area contributed by atoms with E-state index < -0.39 is 0 Å². The van der Waals surface area contributed by atoms with Crippen LogP contribution in [0.15, 0.2) is 54.9 Å². The molecule has 2 aromatic carbocycles. The maximum atomic E-state index is 15.2. The Hall–Kier alpha value is -3.05. The first-order valence-corrected chi connectivity index (χ1v) is 12.2. The molecule has 2 saturated heterocycles. The van der Waals surface area contributed by atoms with Crippen molar-refractivity contribution in [2.75, 3.05) is 42.6 Å². The van der Waals surface area contributed by atoms with Crippen molar-refractivity contribution >= 4 is 23.1 Å². The number of hydrogen-bond acceptors (Lipinski definition) is 5. The van der Waals surface area contributed by atoms with Crippen molar-refractivity contribution in [3.8, 4) is 5.75 Å². The quantitative estimate of drug-likeness (QED) is 0.575. The molecule has 5 rings (SSSR count). The lowest BCUT2D eigenvalue weighted by molar-refractivity contribution is 0.0679. The number of ether oxygens (including phenoxy) is 2. The second-order valence-electron chi connectivity index (χ2n) is 9.03. The fraction of sp³-hybridized carbons (Fsp3) is 0.393. The van der Waals surface area contributed by atoms with E-state index in [0.717, 1.165) is 73.8 Å². The van der Waals surface area contributed by atoms with Gasteiger partial charge in [-0.15, -0.1) is 5.73 Å². The van der Waals surface area contributed by atoms with Crippen LogP contribution in [0.25, 0.3) is 11.8 Å². The molecule has 34 heavy (non-hydrogen) atoms. The van der Waals surface area contributed by atoms with E-state index in [1.54, 1.807) is 6.07 Å². The number of likely N-dealkylation sites (N-methyl/N-ethyl adjacent to an activating group) is 1. The van der Waals surface area contributed by atoms with Crippen molar-refractivity contribution in [3.05, 3.63) is 71.9 Å². The second kappa shape index (κ2) is 10.1. The van der Waals surface area contributed by atoms with Crippen molar-refractivity contribution in [2.45, 2.75) is 38.3 Å². The first-order chi connectivity index (χ1) is 16.7. The first-order valence-electron chi connectivity index (χ1n) is 12.2. The summed E-state index contributed by atoms with van der Waals surface area (Å²) in [5.74, 6) is 0.600. The largest absolute Gasteiger partial charge is 0.491 e. The van der Waals surface area contributed by atoms with Gasteiger partial charge in [-0.05, 0) is 67.8 Å². The van der Waals surface area contributed by atoms with Crippen LogP contribution in [0.2, 0.25) is 0 Å². The van der Waals surface area contributed by atoms with Crippen LogP contribution in [0.1, 0.15) is 37.3 Å². The van der Waals surface area contributed by atoms with Crippen LogP contribution in [0.5, 0.6) is 5.75 Å². The number of fused-ring (bicyclic) bond motifs is 1. The van der Waals surface area contributed by atoms with Gasteiger partial charge in [0.1, 0.15) is 18.2 Å². The summed E-state index contributed by atoms with van der Waals surface area (Å²) in [6.45, 7) is 10.0. The minimum atomic E-state index is -0.213. The van der Waals surface area contributed by atoms with Gasteiger partial charge in [0.25, 0.3) is 0 Å². The molecule has 2 fully saturated rings. The summed E-state index contributed by atoms with van der Waals surface area (Å²) in [6, 6.07) is 11.9. The minimum Gasteiger partial charge on any atom is -0.491 e. The highest BCUT2D eigenvalue weighted by Gasteiger charge is 2.25. The van der Waals surface area contributed by atoms with Crippen molar-refractivity contribution in [2.24, 2.45) is 0 Å². The molecule has 178 valence electrons. The molecule has 2 atom stereocenters. The molecule has 1 N–H and O–H groups in total. The van der Waals surface area contributed by atoms with Crippen molar-refractivity contribution in [3.63, 3.8) is 0 Å². The van der Waals surface area contributed by atoms with Crippen LogP contribution >= 0.6 is 0 Å². The number of hydrogen-bond donors (Lipinski definition) is 1. The first kappa shape index (κ1) is 22.7. The van der Waals surface area contributed by atoms with Gasteiger partial charge in [0.2, 0.25) is 0 Å². The monoisotopic (exact) mass is 461 g/mol. The smallest absolute Gasteiger partial charge is 0.148 e. The minimum absolute atomic E-state index is 0.179. The Bertz CT molecular complexity index is 1120. The molecule has 0 saturated carbocycles. The molecule has 0 aromatic heterocycles. The molecular weight excluding hydrogens is 429 g/mol. The summed E-state index contributed by atoms with van der Waals surface area (Å²) in [7, 11) is 0. The van der Waals surface area contributed by atoms with E-state index in [1.807, 2.05) is 47.5 Å². The Kier molecular flexibility index (Phi) is 6.73. The highest BCUT2D eigenvalue weighted by atomic mass is 19.1. The molecule has 5 nitrogen and oxygen atoms in total. The lowest BCUT2D eigenvalue weighted by Crippen LogP contribution is -2.32. The molecule has 3 aliphatic rings. The summed E-state index contributed by atoms with van der Waals surface area (Å²) in [5, 5.41) is 3.46. The van der Waals surface area contributed by atoms with Gasteiger partial charge in [0.05, 0.1) is 17.5 Å². The fourth-order valence-corrected chi connectivity index (χ4v) is 5.04. The van der Waals surface area contributed by atoms with E-state index in [4.69, 9.17) is 9.47 Å². The average Bonchev–Trinajstić information content (AvgIpc) is 3.54. The van der Waals surface area contributed by atoms with Gasteiger partial charge < -0.3 is 24.6 Å². The maximum absolute atomic E-state index is 15.2. The summed E-state index contributed by atoms with van der Waals surface area (Å²) in [5.41, 5.74) is 7.26. The zero-order valence-corrected chi connectivity index (χ0v) is 19.7. The highest BCUT2D eigenvalue weighted by Crippen LogP contribution is 2.36. The number of rotatable bonds is 7. The van der Waals surface area contributed by atoms with Crippen LogP contribution < -0.4 is 19.9 Å². The normalized spacial score (nSPS) is 21.6. The Labute approximate surface area is 201 Å². The Morgan fingerprint density at radius 1 is 1.24 bits per heavy atom. The average molecular weight is 462 g/mol. The lowest BCUT2D eigenvalue weighted by Gasteiger charge is -2.28. The topological polar surface area (TPSA) is 37.0 Å². The molecule has 0 aliphatic carbocycles. The van der Waals surface area contributed by atoms with E-state index in [2.05, 4.69) is 29.5 Å². The van der Waals surface area contributed by atoms with Gasteiger partial charge in [-0.25, -0.2) is 4.39 Å². The molecule has 2 unspecified atom stereocenters. The number of nitrogens with one attached hydrogen (secondary N) is 1. The van der Waals surface area contributed by atoms with Crippen LogP contribution in [0.3, 0.4) is 0 Å². The molecule has 3 aliphatic heterocycles.